The Morgan fingerprint density at radius 1 is 0.261 bits per heavy atom. The average Bonchev–Trinajstić information content (AvgIpc) is 3.34. The molecule has 0 aliphatic carbocycles. The average molecular weight is 1020 g/mol. The van der Waals surface area contributed by atoms with E-state index < -0.39 is 224 Å². The van der Waals surface area contributed by atoms with Gasteiger partial charge in [-0.15, -0.1) is 0 Å². The summed E-state index contributed by atoms with van der Waals surface area (Å²) in [5, 5.41) is 196. The van der Waals surface area contributed by atoms with Crippen molar-refractivity contribution in [1.29, 1.82) is 0 Å². The maximum atomic E-state index is 11.2. The monoisotopic (exact) mass is 1020 g/mol. The van der Waals surface area contributed by atoms with Crippen molar-refractivity contribution in [3.8, 4) is 0 Å². The Bertz CT molecular complexity index is 1280. The Morgan fingerprint density at radius 2 is 0.377 bits per heavy atom. The molecule has 22 rings (SSSR count). The van der Waals surface area contributed by atoms with E-state index in [-0.39, 0.29) is 0 Å². The third-order valence-corrected chi connectivity index (χ3v) is 12.7. The van der Waals surface area contributed by atoms with Crippen LogP contribution in [-0.4, -0.2) is 322 Å². The van der Waals surface area contributed by atoms with Crippen LogP contribution < -0.4 is 0 Å². The van der Waals surface area contributed by atoms with Gasteiger partial charge in [0.25, 0.3) is 0 Å². The molecule has 402 valence electrons. The summed E-state index contributed by atoms with van der Waals surface area (Å²) in [7, 11) is 0. The molecule has 12 bridgehead atoms. The Hall–Kier alpha value is -1.53. The quantitative estimate of drug-likeness (QED) is 0.110. The highest BCUT2D eigenvalue weighted by Crippen LogP contribution is 2.38. The zero-order chi connectivity index (χ0) is 50.8. The first kappa shape index (κ1) is 56.8. The number of aliphatic hydroxyl groups excluding tert-OH is 18. The van der Waals surface area contributed by atoms with E-state index in [0.29, 0.717) is 0 Å². The van der Waals surface area contributed by atoms with E-state index in [1.165, 1.54) is 6.92 Å². The fraction of sp³-hybridized carbons (Fsp3) is 0.974. The van der Waals surface area contributed by atoms with Crippen molar-refractivity contribution in [3.05, 3.63) is 0 Å². The predicted octanol–water partition coefficient (Wildman–Crippen LogP) is -12.8. The first-order chi connectivity index (χ1) is 32.8. The van der Waals surface area contributed by atoms with Crippen LogP contribution in [0.2, 0.25) is 0 Å². The van der Waals surface area contributed by atoms with Gasteiger partial charge in [0.2, 0.25) is 0 Å². The molecular formula is C38H64O31. The molecular weight excluding hydrogens is 952 g/mol. The minimum absolute atomic E-state index is 0.750. The van der Waals surface area contributed by atoms with Gasteiger partial charge in [-0.2, -0.15) is 0 Å². The molecule has 0 aromatic heterocycles. The second-order valence-corrected chi connectivity index (χ2v) is 17.1. The second-order valence-electron chi connectivity index (χ2n) is 17.1. The molecule has 30 atom stereocenters. The normalized spacial score (nSPS) is 53.1. The summed E-state index contributed by atoms with van der Waals surface area (Å²) in [6.07, 6.45) is -57.7. The molecule has 31 heteroatoms. The van der Waals surface area contributed by atoms with Gasteiger partial charge in [-0.25, -0.2) is 0 Å². The smallest absolute Gasteiger partial charge is 0.187 e. The summed E-state index contributed by atoms with van der Waals surface area (Å²) in [6.45, 7) is -4.55. The van der Waals surface area contributed by atoms with Crippen molar-refractivity contribution in [2.75, 3.05) is 39.6 Å². The van der Waals surface area contributed by atoms with E-state index in [0.717, 1.165) is 6.29 Å². The molecule has 0 spiro atoms. The Balaban J connectivity index is 0.00000254. The van der Waals surface area contributed by atoms with Gasteiger partial charge < -0.3 is 154 Å². The maximum Gasteiger partial charge on any atom is 0.187 e. The fourth-order valence-electron chi connectivity index (χ4n) is 8.93. The Labute approximate surface area is 390 Å². The van der Waals surface area contributed by atoms with Crippen LogP contribution in [0.25, 0.3) is 0 Å². The minimum atomic E-state index is -2.15. The molecule has 22 aliphatic heterocycles. The molecule has 18 N–H and O–H groups in total. The van der Waals surface area contributed by atoms with E-state index in [9.17, 15) is 91.9 Å². The molecule has 22 saturated heterocycles. The third kappa shape index (κ3) is 11.6. The summed E-state index contributed by atoms with van der Waals surface area (Å²) in [6, 6.07) is 0. The maximum absolute atomic E-state index is 11.2. The molecule has 0 saturated carbocycles. The fourth-order valence-corrected chi connectivity index (χ4v) is 8.93. The number of hydrogen-bond acceptors (Lipinski definition) is 31. The Kier molecular flexibility index (Phi) is 20.3. The van der Waals surface area contributed by atoms with Crippen LogP contribution in [0, 0.1) is 0 Å². The molecule has 0 aromatic rings. The van der Waals surface area contributed by atoms with Crippen molar-refractivity contribution in [3.63, 3.8) is 0 Å². The van der Waals surface area contributed by atoms with Crippen molar-refractivity contribution in [2.45, 2.75) is 191 Å². The summed E-state index contributed by atoms with van der Waals surface area (Å²) < 4.78 is 67.9. The van der Waals surface area contributed by atoms with Crippen LogP contribution in [0.5, 0.6) is 0 Å². The van der Waals surface area contributed by atoms with Crippen LogP contribution in [0.4, 0.5) is 0 Å². The van der Waals surface area contributed by atoms with Gasteiger partial charge in [-0.05, 0) is 6.92 Å². The standard InChI is InChI=1S/C36H60O30.C2H4O/c37-1-7-25-13(43)19(49)31(55-7)62-26-8(2-38)57-33(21(51)15(26)45)64-28-10(4-40)59-35(23(53)17(28)47)66-30-12(6-42)60-36(24(54)18(30)48)65-29-11(5-41)58-34(22(52)16(29)46)63-27-9(3-39)56-32(61-25)20(50)14(27)44;1-2-3/h7-54H,1-6H2;2H,1H3/t7-,8-,9-,10-,11-,12-,13-,14-,15-,16-,17-,18-,19-,20-,21-,22-,23-,24-,25-,26-,27-,28-,29-,30-,31-,32-,33-,34-,35-,36-;/m1./s1. The van der Waals surface area contributed by atoms with E-state index in [2.05, 4.69) is 0 Å². The summed E-state index contributed by atoms with van der Waals surface area (Å²) >= 11 is 0. The number of aldehydes is 1. The third-order valence-electron chi connectivity index (χ3n) is 12.7. The summed E-state index contributed by atoms with van der Waals surface area (Å²) in [5.74, 6) is 0. The molecule has 22 fully saturated rings. The van der Waals surface area contributed by atoms with Crippen molar-refractivity contribution < 1.29 is 154 Å². The largest absolute Gasteiger partial charge is 0.394 e. The van der Waals surface area contributed by atoms with E-state index in [1.54, 1.807) is 0 Å². The van der Waals surface area contributed by atoms with Gasteiger partial charge in [0.05, 0.1) is 39.6 Å². The highest BCUT2D eigenvalue weighted by Gasteiger charge is 2.58. The van der Waals surface area contributed by atoms with Crippen LogP contribution in [-0.2, 0) is 61.6 Å². The lowest BCUT2D eigenvalue weighted by atomic mass is 9.94. The lowest BCUT2D eigenvalue weighted by molar-refractivity contribution is -0.404. The van der Waals surface area contributed by atoms with Gasteiger partial charge in [0.1, 0.15) is 153 Å². The highest BCUT2D eigenvalue weighted by molar-refractivity contribution is 5.44. The predicted molar refractivity (Wildman–Crippen MR) is 208 cm³/mol. The molecule has 0 amide bonds. The molecule has 69 heavy (non-hydrogen) atoms. The summed E-state index contributed by atoms with van der Waals surface area (Å²) in [5.41, 5.74) is 0. The van der Waals surface area contributed by atoms with Crippen LogP contribution in [0.1, 0.15) is 6.92 Å². The van der Waals surface area contributed by atoms with E-state index in [4.69, 9.17) is 61.6 Å². The number of aliphatic hydroxyl groups is 18. The molecule has 22 heterocycles. The number of rotatable bonds is 6. The van der Waals surface area contributed by atoms with Gasteiger partial charge in [-0.1, -0.05) is 0 Å². The molecule has 22 aliphatic rings. The first-order valence-electron chi connectivity index (χ1n) is 21.9. The number of carbonyl (C=O) groups is 1. The second kappa shape index (κ2) is 24.7. The van der Waals surface area contributed by atoms with Crippen LogP contribution in [0.15, 0.2) is 0 Å². The first-order valence-corrected chi connectivity index (χ1v) is 21.9. The zero-order valence-electron chi connectivity index (χ0n) is 36.5. The SMILES string of the molecule is CC=O.OC[C@H]1O[C@@H]2O[C@H]3[C@H](O)[C@@H](O)[C@@H](O[C@H]4[C@H](O)[C@@H](O)[C@@H](O[C@H]5[C@H](O)[C@@H](O)[C@@H](O[C@H]6[C@H](O)[C@@H](O)[C@@H](O[C@H]7[C@H](O)[C@@H](O)[C@@H](O[C@H]1[C@H](O)[C@H]2O)O[C@@H]7CO)O[C@@H]6CO)O[C@@H]5CO)O[C@@H]4CO)O[C@@H]3CO. The van der Waals surface area contributed by atoms with Gasteiger partial charge >= 0.3 is 0 Å². The van der Waals surface area contributed by atoms with Crippen molar-refractivity contribution >= 4 is 6.29 Å². The number of hydrogen-bond donors (Lipinski definition) is 18. The van der Waals surface area contributed by atoms with Gasteiger partial charge in [0, 0.05) is 0 Å². The lowest BCUT2D eigenvalue weighted by Crippen LogP contribution is -2.69. The summed E-state index contributed by atoms with van der Waals surface area (Å²) in [4.78, 5) is 8.81. The van der Waals surface area contributed by atoms with Gasteiger partial charge in [-0.3, -0.25) is 0 Å². The zero-order valence-corrected chi connectivity index (χ0v) is 36.5. The van der Waals surface area contributed by atoms with Gasteiger partial charge in [0.15, 0.2) is 37.7 Å². The molecule has 0 aromatic carbocycles. The lowest BCUT2D eigenvalue weighted by Gasteiger charge is -2.50. The van der Waals surface area contributed by atoms with Crippen molar-refractivity contribution in [1.82, 2.24) is 0 Å². The van der Waals surface area contributed by atoms with Crippen LogP contribution >= 0.6 is 0 Å². The minimum Gasteiger partial charge on any atom is -0.394 e. The van der Waals surface area contributed by atoms with Crippen LogP contribution in [0.3, 0.4) is 0 Å². The van der Waals surface area contributed by atoms with Crippen molar-refractivity contribution in [2.24, 2.45) is 0 Å². The molecule has 31 nitrogen and oxygen atoms in total. The Morgan fingerprint density at radius 3 is 0.478 bits per heavy atom. The van der Waals surface area contributed by atoms with E-state index in [1.807, 2.05) is 0 Å². The number of carbonyl (C=O) groups excluding carboxylic acids is 1. The molecule has 0 radical (unpaired) electrons. The highest BCUT2D eigenvalue weighted by atomic mass is 16.8. The topological polar surface area (TPSA) is 492 Å². The van der Waals surface area contributed by atoms with E-state index >= 15 is 0 Å². The molecule has 0 unspecified atom stereocenters. The number of ether oxygens (including phenoxy) is 12.